The molecule has 8 nitrogen and oxygen atoms in total. The van der Waals surface area contributed by atoms with Crippen molar-refractivity contribution in [1.82, 2.24) is 14.8 Å². The van der Waals surface area contributed by atoms with E-state index in [1.165, 1.54) is 0 Å². The first-order chi connectivity index (χ1) is 19.3. The van der Waals surface area contributed by atoms with E-state index in [0.29, 0.717) is 21.4 Å². The summed E-state index contributed by atoms with van der Waals surface area (Å²) in [6, 6.07) is 22.8. The summed E-state index contributed by atoms with van der Waals surface area (Å²) in [5.41, 5.74) is 10.7. The van der Waals surface area contributed by atoms with Crippen molar-refractivity contribution in [2.75, 3.05) is 12.3 Å². The average molecular weight is 655 g/mol. The topological polar surface area (TPSA) is 104 Å². The third-order valence-corrected chi connectivity index (χ3v) is 7.17. The molecule has 0 amide bonds. The molecule has 2 aromatic heterocycles. The first-order valence-corrected chi connectivity index (χ1v) is 13.3. The molecule has 0 bridgehead atoms. The molecule has 5 rings (SSSR count). The van der Waals surface area contributed by atoms with Crippen LogP contribution in [0.4, 0.5) is 5.82 Å². The number of pyridine rings is 1. The van der Waals surface area contributed by atoms with Crippen LogP contribution in [0.2, 0.25) is 10.0 Å². The van der Waals surface area contributed by atoms with Gasteiger partial charge in [0.15, 0.2) is 6.54 Å². The molecule has 0 radical (unpaired) electrons. The number of halogens is 3. The summed E-state index contributed by atoms with van der Waals surface area (Å²) in [4.78, 5) is 24.8. The van der Waals surface area contributed by atoms with Gasteiger partial charge in [0.05, 0.1) is 12.5 Å². The molecule has 41 heavy (non-hydrogen) atoms. The molecule has 1 atom stereocenters. The quantitative estimate of drug-likeness (QED) is 0.156. The predicted molar refractivity (Wildman–Crippen MR) is 154 cm³/mol. The zero-order valence-electron chi connectivity index (χ0n) is 22.2. The van der Waals surface area contributed by atoms with Crippen molar-refractivity contribution in [3.8, 4) is 11.1 Å². The van der Waals surface area contributed by atoms with Crippen LogP contribution in [0, 0.1) is 0 Å². The highest BCUT2D eigenvalue weighted by molar-refractivity contribution is 6.33. The van der Waals surface area contributed by atoms with Gasteiger partial charge in [0.2, 0.25) is 0 Å². The standard InChI is InChI=1S/C30H25Cl2N5O3.BrH/c1-3-40-30(39)26(38)16-37-25-12-9-20(14-24(25)23(15-27(37)33)19-5-4-6-22(32)13-19)28(29-35-34-17-36(29)2)18-7-10-21(31)11-8-18;/h4-15,17,28,33H,3,16H2,1-2H3;1H. The second-order valence-corrected chi connectivity index (χ2v) is 10.2. The number of hydrogen-bond acceptors (Lipinski definition) is 6. The summed E-state index contributed by atoms with van der Waals surface area (Å²) in [6.07, 6.45) is 1.66. The fourth-order valence-electron chi connectivity index (χ4n) is 4.82. The first-order valence-electron chi connectivity index (χ1n) is 12.6. The Kier molecular flexibility index (Phi) is 9.42. The first kappa shape index (κ1) is 30.2. The zero-order valence-corrected chi connectivity index (χ0v) is 25.3. The van der Waals surface area contributed by atoms with Gasteiger partial charge < -0.3 is 26.3 Å². The Balaban J connectivity index is 0.00000387. The van der Waals surface area contributed by atoms with Crippen molar-refractivity contribution in [1.29, 1.82) is 0 Å². The molecule has 1 unspecified atom stereocenters. The van der Waals surface area contributed by atoms with E-state index in [-0.39, 0.29) is 36.1 Å². The number of Topliss-reactive ketones (excluding diaryl/α,β-unsaturated/α-hetero) is 1. The molecule has 210 valence electrons. The molecule has 11 heteroatoms. The van der Waals surface area contributed by atoms with Crippen molar-refractivity contribution in [2.24, 2.45) is 7.05 Å². The average Bonchev–Trinajstić information content (AvgIpc) is 3.36. The van der Waals surface area contributed by atoms with Crippen LogP contribution in [-0.4, -0.2) is 33.1 Å². The van der Waals surface area contributed by atoms with E-state index in [2.05, 4.69) is 10.2 Å². The van der Waals surface area contributed by atoms with Crippen LogP contribution < -0.4 is 27.3 Å². The number of fused-ring (bicyclic) bond motifs is 1. The monoisotopic (exact) mass is 653 g/mol. The van der Waals surface area contributed by atoms with Crippen LogP contribution in [0.15, 0.2) is 79.1 Å². The molecule has 0 saturated heterocycles. The van der Waals surface area contributed by atoms with Gasteiger partial charge in [-0.2, -0.15) is 0 Å². The normalized spacial score (nSPS) is 11.6. The number of carbonyl (C=O) groups excluding carboxylic acids is 2. The van der Waals surface area contributed by atoms with Crippen LogP contribution in [0.3, 0.4) is 0 Å². The van der Waals surface area contributed by atoms with E-state index in [9.17, 15) is 9.59 Å². The molecule has 0 aliphatic heterocycles. The predicted octanol–water partition coefficient (Wildman–Crippen LogP) is 2.13. The second kappa shape index (κ2) is 12.8. The molecule has 0 fully saturated rings. The Labute approximate surface area is 257 Å². The highest BCUT2D eigenvalue weighted by Gasteiger charge is 2.26. The highest BCUT2D eigenvalue weighted by Crippen LogP contribution is 2.36. The van der Waals surface area contributed by atoms with Gasteiger partial charge in [-0.25, -0.2) is 9.36 Å². The van der Waals surface area contributed by atoms with Crippen molar-refractivity contribution in [2.45, 2.75) is 19.4 Å². The molecule has 3 aromatic carbocycles. The third kappa shape index (κ3) is 6.27. The second-order valence-electron chi connectivity index (χ2n) is 9.28. The number of hydrogen-bond donors (Lipinski definition) is 1. The summed E-state index contributed by atoms with van der Waals surface area (Å²) < 4.78 is 8.41. The smallest absolute Gasteiger partial charge is 0.378 e. The number of esters is 1. The number of ether oxygens (including phenoxy) is 1. The lowest BCUT2D eigenvalue weighted by Crippen LogP contribution is -3.00. The lowest BCUT2D eigenvalue weighted by atomic mass is 9.88. The van der Waals surface area contributed by atoms with Crippen LogP contribution in [0.25, 0.3) is 22.0 Å². The molecule has 2 N–H and O–H groups in total. The van der Waals surface area contributed by atoms with Crippen molar-refractivity contribution in [3.63, 3.8) is 0 Å². The van der Waals surface area contributed by atoms with Gasteiger partial charge in [0.25, 0.3) is 11.6 Å². The summed E-state index contributed by atoms with van der Waals surface area (Å²) in [7, 11) is 1.90. The Bertz CT molecular complexity index is 1740. The van der Waals surface area contributed by atoms with Gasteiger partial charge in [-0.3, -0.25) is 10.5 Å². The summed E-state index contributed by atoms with van der Waals surface area (Å²) in [6.45, 7) is 1.49. The van der Waals surface area contributed by atoms with Gasteiger partial charge in [-0.05, 0) is 60.0 Å². The Morgan fingerprint density at radius 3 is 2.39 bits per heavy atom. The molecule has 2 heterocycles. The number of aryl methyl sites for hydroxylation is 1. The minimum atomic E-state index is -0.900. The molecule has 0 aliphatic rings. The number of anilines is 1. The number of carbonyl (C=O) groups is 2. The largest absolute Gasteiger partial charge is 1.00 e. The summed E-state index contributed by atoms with van der Waals surface area (Å²) in [5.74, 6) is -0.809. The molecule has 0 saturated carbocycles. The van der Waals surface area contributed by atoms with Gasteiger partial charge in [-0.15, -0.1) is 10.2 Å². The van der Waals surface area contributed by atoms with Crippen molar-refractivity contribution in [3.05, 3.63) is 106 Å². The fourth-order valence-corrected chi connectivity index (χ4v) is 5.13. The number of benzene rings is 3. The van der Waals surface area contributed by atoms with E-state index in [0.717, 1.165) is 33.5 Å². The third-order valence-electron chi connectivity index (χ3n) is 6.69. The lowest BCUT2D eigenvalue weighted by molar-refractivity contribution is -0.643. The van der Waals surface area contributed by atoms with Crippen LogP contribution in [-0.2, 0) is 27.9 Å². The Hall–Kier alpha value is -3.79. The number of ketones is 1. The van der Waals surface area contributed by atoms with Gasteiger partial charge in [0.1, 0.15) is 17.7 Å². The number of nitrogens with two attached hydrogens (primary N) is 1. The zero-order chi connectivity index (χ0) is 28.4. The van der Waals surface area contributed by atoms with E-state index < -0.39 is 11.8 Å². The maximum atomic E-state index is 12.7. The van der Waals surface area contributed by atoms with Gasteiger partial charge in [-0.1, -0.05) is 53.5 Å². The Morgan fingerprint density at radius 2 is 1.73 bits per heavy atom. The minimum absolute atomic E-state index is 0. The molecular weight excluding hydrogens is 629 g/mol. The van der Waals surface area contributed by atoms with Gasteiger partial charge >= 0.3 is 5.97 Å². The fraction of sp³-hybridized carbons (Fsp3) is 0.167. The Morgan fingerprint density at radius 1 is 1.00 bits per heavy atom. The maximum Gasteiger partial charge on any atom is 0.378 e. The number of nitrogens with zero attached hydrogens (tertiary/aromatic N) is 4. The van der Waals surface area contributed by atoms with Crippen LogP contribution >= 0.6 is 23.2 Å². The summed E-state index contributed by atoms with van der Waals surface area (Å²) >= 11 is 12.5. The number of aromatic nitrogens is 4. The van der Waals surface area contributed by atoms with E-state index in [1.54, 1.807) is 30.0 Å². The molecular formula is C30H26BrCl2N5O3. The molecule has 0 aliphatic carbocycles. The van der Waals surface area contributed by atoms with E-state index >= 15 is 0 Å². The number of rotatable bonds is 8. The highest BCUT2D eigenvalue weighted by atomic mass is 79.9. The minimum Gasteiger partial charge on any atom is -1.00 e. The SMILES string of the molecule is CCOC(=O)C(=O)C[n+]1c(N)cc(-c2cccc(Cl)c2)c2cc(C(c3ccc(Cl)cc3)c3nncn3C)ccc21.[Br-]. The summed E-state index contributed by atoms with van der Waals surface area (Å²) in [5, 5.41) is 10.5. The molecule has 5 aromatic rings. The number of nitrogen functional groups attached to an aromatic ring is 1. The van der Waals surface area contributed by atoms with E-state index in [1.807, 2.05) is 72.3 Å². The molecule has 0 spiro atoms. The van der Waals surface area contributed by atoms with Gasteiger partial charge in [0, 0.05) is 34.1 Å². The van der Waals surface area contributed by atoms with E-state index in [4.69, 9.17) is 33.7 Å². The lowest BCUT2D eigenvalue weighted by Gasteiger charge is -2.19. The van der Waals surface area contributed by atoms with Crippen LogP contribution in [0.5, 0.6) is 0 Å². The van der Waals surface area contributed by atoms with Crippen LogP contribution in [0.1, 0.15) is 29.8 Å². The maximum absolute atomic E-state index is 12.7. The van der Waals surface area contributed by atoms with Crippen molar-refractivity contribution < 1.29 is 35.9 Å². The van der Waals surface area contributed by atoms with Crippen molar-refractivity contribution >= 4 is 51.7 Å².